The lowest BCUT2D eigenvalue weighted by molar-refractivity contribution is -0.121. The summed E-state index contributed by atoms with van der Waals surface area (Å²) in [7, 11) is 0. The SMILES string of the molecule is CC(O)C1CCCN(C(C)C(=O)Nc2ccc(F)cc2F)C1. The molecule has 0 bridgehead atoms. The number of hydrogen-bond donors (Lipinski definition) is 2. The van der Waals surface area contributed by atoms with Crippen LogP contribution in [0.1, 0.15) is 26.7 Å². The Morgan fingerprint density at radius 2 is 2.14 bits per heavy atom. The Morgan fingerprint density at radius 3 is 2.77 bits per heavy atom. The summed E-state index contributed by atoms with van der Waals surface area (Å²) in [6, 6.07) is 2.62. The first-order chi connectivity index (χ1) is 10.4. The largest absolute Gasteiger partial charge is 0.393 e. The Kier molecular flexibility index (Phi) is 5.47. The molecule has 1 saturated heterocycles. The van der Waals surface area contributed by atoms with Crippen molar-refractivity contribution in [3.05, 3.63) is 29.8 Å². The van der Waals surface area contributed by atoms with E-state index in [1.807, 2.05) is 4.90 Å². The van der Waals surface area contributed by atoms with Gasteiger partial charge in [-0.1, -0.05) is 0 Å². The van der Waals surface area contributed by atoms with E-state index in [0.717, 1.165) is 31.5 Å². The van der Waals surface area contributed by atoms with Crippen LogP contribution >= 0.6 is 0 Å². The summed E-state index contributed by atoms with van der Waals surface area (Å²) < 4.78 is 26.5. The normalized spacial score (nSPS) is 22.1. The van der Waals surface area contributed by atoms with Crippen LogP contribution in [0, 0.1) is 17.6 Å². The maximum atomic E-state index is 13.6. The molecule has 0 spiro atoms. The number of nitrogens with zero attached hydrogens (tertiary/aromatic N) is 1. The number of benzene rings is 1. The van der Waals surface area contributed by atoms with Gasteiger partial charge in [0, 0.05) is 12.6 Å². The third-order valence-electron chi connectivity index (χ3n) is 4.29. The van der Waals surface area contributed by atoms with Crippen molar-refractivity contribution in [1.82, 2.24) is 4.90 Å². The number of carbonyl (C=O) groups excluding carboxylic acids is 1. The van der Waals surface area contributed by atoms with Gasteiger partial charge in [0.05, 0.1) is 17.8 Å². The van der Waals surface area contributed by atoms with Crippen molar-refractivity contribution < 1.29 is 18.7 Å². The molecular formula is C16H22F2N2O2. The summed E-state index contributed by atoms with van der Waals surface area (Å²) in [5.41, 5.74) is -0.0256. The van der Waals surface area contributed by atoms with Crippen LogP contribution in [0.25, 0.3) is 0 Å². The Balaban J connectivity index is 1.99. The van der Waals surface area contributed by atoms with Crippen molar-refractivity contribution in [1.29, 1.82) is 0 Å². The van der Waals surface area contributed by atoms with E-state index in [2.05, 4.69) is 5.32 Å². The van der Waals surface area contributed by atoms with Crippen LogP contribution < -0.4 is 5.32 Å². The van der Waals surface area contributed by atoms with Gasteiger partial charge in [-0.2, -0.15) is 0 Å². The highest BCUT2D eigenvalue weighted by molar-refractivity contribution is 5.94. The number of likely N-dealkylation sites (tertiary alicyclic amines) is 1. The van der Waals surface area contributed by atoms with E-state index in [9.17, 15) is 18.7 Å². The third-order valence-corrected chi connectivity index (χ3v) is 4.29. The standard InChI is InChI=1S/C16H22F2N2O2/c1-10(20-7-3-4-12(9-20)11(2)21)16(22)19-15-6-5-13(17)8-14(15)18/h5-6,8,10-12,21H,3-4,7,9H2,1-2H3,(H,19,22). The molecule has 3 unspecified atom stereocenters. The van der Waals surface area contributed by atoms with Gasteiger partial charge in [0.1, 0.15) is 11.6 Å². The Labute approximate surface area is 129 Å². The molecule has 0 aliphatic carbocycles. The number of aliphatic hydroxyl groups is 1. The Bertz CT molecular complexity index is 537. The number of aliphatic hydroxyl groups excluding tert-OH is 1. The van der Waals surface area contributed by atoms with E-state index < -0.39 is 23.8 Å². The maximum absolute atomic E-state index is 13.6. The lowest BCUT2D eigenvalue weighted by Gasteiger charge is -2.37. The minimum Gasteiger partial charge on any atom is -0.393 e. The van der Waals surface area contributed by atoms with Crippen molar-refractivity contribution in [2.24, 2.45) is 5.92 Å². The lowest BCUT2D eigenvalue weighted by atomic mass is 9.92. The van der Waals surface area contributed by atoms with Crippen LogP contribution in [0.5, 0.6) is 0 Å². The predicted molar refractivity (Wildman–Crippen MR) is 80.4 cm³/mol. The summed E-state index contributed by atoms with van der Waals surface area (Å²) in [6.45, 7) is 4.91. The van der Waals surface area contributed by atoms with Gasteiger partial charge in [-0.05, 0) is 51.3 Å². The summed E-state index contributed by atoms with van der Waals surface area (Å²) in [5.74, 6) is -1.66. The number of amides is 1. The monoisotopic (exact) mass is 312 g/mol. The van der Waals surface area contributed by atoms with E-state index in [4.69, 9.17) is 0 Å². The number of nitrogens with one attached hydrogen (secondary N) is 1. The van der Waals surface area contributed by atoms with Gasteiger partial charge in [-0.3, -0.25) is 9.69 Å². The van der Waals surface area contributed by atoms with Crippen molar-refractivity contribution in [2.75, 3.05) is 18.4 Å². The number of piperidine rings is 1. The molecule has 1 heterocycles. The van der Waals surface area contributed by atoms with Crippen LogP contribution in [-0.2, 0) is 4.79 Å². The van der Waals surface area contributed by atoms with E-state index in [0.29, 0.717) is 6.54 Å². The molecule has 0 saturated carbocycles. The molecule has 0 radical (unpaired) electrons. The molecule has 1 aromatic carbocycles. The molecule has 1 aliphatic rings. The molecule has 4 nitrogen and oxygen atoms in total. The summed E-state index contributed by atoms with van der Waals surface area (Å²) in [4.78, 5) is 14.2. The summed E-state index contributed by atoms with van der Waals surface area (Å²) in [5, 5.41) is 12.2. The Morgan fingerprint density at radius 1 is 1.41 bits per heavy atom. The maximum Gasteiger partial charge on any atom is 0.241 e. The first-order valence-corrected chi connectivity index (χ1v) is 7.56. The second-order valence-electron chi connectivity index (χ2n) is 5.93. The van der Waals surface area contributed by atoms with Crippen LogP contribution in [0.2, 0.25) is 0 Å². The van der Waals surface area contributed by atoms with E-state index >= 15 is 0 Å². The number of halogens is 2. The van der Waals surface area contributed by atoms with Crippen LogP contribution in [0.3, 0.4) is 0 Å². The molecule has 6 heteroatoms. The van der Waals surface area contributed by atoms with Gasteiger partial charge in [-0.15, -0.1) is 0 Å². The zero-order valence-electron chi connectivity index (χ0n) is 12.9. The first-order valence-electron chi connectivity index (χ1n) is 7.56. The molecule has 2 N–H and O–H groups in total. The average Bonchev–Trinajstić information content (AvgIpc) is 2.49. The molecule has 3 atom stereocenters. The van der Waals surface area contributed by atoms with Crippen molar-refractivity contribution in [3.63, 3.8) is 0 Å². The topological polar surface area (TPSA) is 52.6 Å². The van der Waals surface area contributed by atoms with Gasteiger partial charge in [0.2, 0.25) is 5.91 Å². The van der Waals surface area contributed by atoms with Crippen LogP contribution in [0.4, 0.5) is 14.5 Å². The molecule has 1 amide bonds. The van der Waals surface area contributed by atoms with E-state index in [1.165, 1.54) is 6.07 Å². The zero-order chi connectivity index (χ0) is 16.3. The van der Waals surface area contributed by atoms with Gasteiger partial charge in [0.15, 0.2) is 0 Å². The van der Waals surface area contributed by atoms with Crippen molar-refractivity contribution in [3.8, 4) is 0 Å². The van der Waals surface area contributed by atoms with Crippen molar-refractivity contribution in [2.45, 2.75) is 38.8 Å². The van der Waals surface area contributed by atoms with Crippen LogP contribution in [-0.4, -0.2) is 41.1 Å². The highest BCUT2D eigenvalue weighted by Gasteiger charge is 2.29. The molecule has 1 fully saturated rings. The van der Waals surface area contributed by atoms with E-state index in [1.54, 1.807) is 13.8 Å². The minimum absolute atomic E-state index is 0.0256. The number of carbonyl (C=O) groups is 1. The molecule has 2 rings (SSSR count). The third kappa shape index (κ3) is 4.01. The molecule has 1 aromatic rings. The fourth-order valence-electron chi connectivity index (χ4n) is 2.78. The molecule has 0 aromatic heterocycles. The van der Waals surface area contributed by atoms with Crippen LogP contribution in [0.15, 0.2) is 18.2 Å². The summed E-state index contributed by atoms with van der Waals surface area (Å²) in [6.07, 6.45) is 1.44. The zero-order valence-corrected chi connectivity index (χ0v) is 12.9. The first kappa shape index (κ1) is 16.8. The van der Waals surface area contributed by atoms with Crippen molar-refractivity contribution >= 4 is 11.6 Å². The highest BCUT2D eigenvalue weighted by Crippen LogP contribution is 2.22. The fraction of sp³-hybridized carbons (Fsp3) is 0.562. The molecular weight excluding hydrogens is 290 g/mol. The summed E-state index contributed by atoms with van der Waals surface area (Å²) >= 11 is 0. The van der Waals surface area contributed by atoms with Gasteiger partial charge >= 0.3 is 0 Å². The van der Waals surface area contributed by atoms with Gasteiger partial charge in [-0.25, -0.2) is 8.78 Å². The van der Waals surface area contributed by atoms with Gasteiger partial charge in [0.25, 0.3) is 0 Å². The number of anilines is 1. The number of hydrogen-bond acceptors (Lipinski definition) is 3. The molecule has 122 valence electrons. The second kappa shape index (κ2) is 7.15. The smallest absolute Gasteiger partial charge is 0.241 e. The molecule has 1 aliphatic heterocycles. The minimum atomic E-state index is -0.791. The number of rotatable bonds is 4. The quantitative estimate of drug-likeness (QED) is 0.897. The molecule has 22 heavy (non-hydrogen) atoms. The highest BCUT2D eigenvalue weighted by atomic mass is 19.1. The van der Waals surface area contributed by atoms with Gasteiger partial charge < -0.3 is 10.4 Å². The fourth-order valence-corrected chi connectivity index (χ4v) is 2.78. The lowest BCUT2D eigenvalue weighted by Crippen LogP contribution is -2.48. The second-order valence-corrected chi connectivity index (χ2v) is 5.93. The average molecular weight is 312 g/mol. The van der Waals surface area contributed by atoms with E-state index in [-0.39, 0.29) is 17.5 Å². The predicted octanol–water partition coefficient (Wildman–Crippen LogP) is 2.38. The Hall–Kier alpha value is -1.53.